The quantitative estimate of drug-likeness (QED) is 0.613. The molecule has 0 radical (unpaired) electrons. The Balaban J connectivity index is 1.85. The van der Waals surface area contributed by atoms with Crippen molar-refractivity contribution in [2.24, 2.45) is 5.92 Å². The number of aromatic nitrogens is 2. The van der Waals surface area contributed by atoms with Gasteiger partial charge in [-0.15, -0.1) is 0 Å². The first kappa shape index (κ1) is 26.4. The van der Waals surface area contributed by atoms with Gasteiger partial charge in [0.05, 0.1) is 35.0 Å². The zero-order chi connectivity index (χ0) is 25.4. The molecular weight excluding hydrogens is 496 g/mol. The Bertz CT molecular complexity index is 1050. The van der Waals surface area contributed by atoms with Gasteiger partial charge in [0.1, 0.15) is 12.3 Å². The molecule has 2 heterocycles. The van der Waals surface area contributed by atoms with E-state index in [-0.39, 0.29) is 18.2 Å². The minimum atomic E-state index is -4.72. The van der Waals surface area contributed by atoms with Gasteiger partial charge in [0, 0.05) is 31.4 Å². The molecule has 1 aliphatic heterocycles. The molecule has 7 nitrogen and oxygen atoms in total. The van der Waals surface area contributed by atoms with Gasteiger partial charge >= 0.3 is 6.18 Å². The van der Waals surface area contributed by atoms with Crippen molar-refractivity contribution < 1.29 is 27.8 Å². The molecule has 1 aromatic carbocycles. The molecule has 1 N–H and O–H groups in total. The number of halogens is 5. The summed E-state index contributed by atoms with van der Waals surface area (Å²) in [5.41, 5.74) is -0.353. The number of amides is 1. The fourth-order valence-electron chi connectivity index (χ4n) is 4.01. The molecule has 3 rings (SSSR count). The van der Waals surface area contributed by atoms with Gasteiger partial charge in [-0.3, -0.25) is 9.48 Å². The predicted molar refractivity (Wildman–Crippen MR) is 124 cm³/mol. The highest BCUT2D eigenvalue weighted by molar-refractivity contribution is 6.32. The lowest BCUT2D eigenvalue weighted by atomic mass is 9.95. The molecule has 0 spiro atoms. The molecule has 1 amide bonds. The Morgan fingerprint density at radius 3 is 2.53 bits per heavy atom. The van der Waals surface area contributed by atoms with E-state index in [1.807, 2.05) is 24.8 Å². The number of nitrogens with zero attached hydrogens (tertiary/aromatic N) is 4. The van der Waals surface area contributed by atoms with Crippen molar-refractivity contribution in [2.75, 3.05) is 31.6 Å². The fraction of sp³-hybridized carbons (Fsp3) is 0.545. The van der Waals surface area contributed by atoms with Crippen molar-refractivity contribution in [2.45, 2.75) is 45.6 Å². The third-order valence-electron chi connectivity index (χ3n) is 6.00. The molecule has 1 aliphatic rings. The van der Waals surface area contributed by atoms with E-state index in [1.165, 1.54) is 18.9 Å². The molecule has 1 fully saturated rings. The lowest BCUT2D eigenvalue weighted by Crippen LogP contribution is -2.61. The highest BCUT2D eigenvalue weighted by Crippen LogP contribution is 2.35. The molecule has 0 bridgehead atoms. The molecule has 0 saturated carbocycles. The fourth-order valence-corrected chi connectivity index (χ4v) is 4.45. The third-order valence-corrected chi connectivity index (χ3v) is 6.77. The minimum absolute atomic E-state index is 0.0511. The van der Waals surface area contributed by atoms with E-state index in [9.17, 15) is 23.1 Å². The molecular formula is C22H27Cl2F3N4O3. The monoisotopic (exact) mass is 522 g/mol. The summed E-state index contributed by atoms with van der Waals surface area (Å²) < 4.78 is 45.7. The summed E-state index contributed by atoms with van der Waals surface area (Å²) in [4.78, 5) is 16.7. The van der Waals surface area contributed by atoms with E-state index in [2.05, 4.69) is 5.10 Å². The number of rotatable bonds is 6. The Labute approximate surface area is 206 Å². The van der Waals surface area contributed by atoms with Crippen LogP contribution in [0.5, 0.6) is 5.75 Å². The van der Waals surface area contributed by atoms with Gasteiger partial charge in [-0.1, -0.05) is 37.0 Å². The van der Waals surface area contributed by atoms with Crippen LogP contribution in [0.1, 0.15) is 25.2 Å². The number of carbonyl (C=O) groups is 1. The van der Waals surface area contributed by atoms with Gasteiger partial charge < -0.3 is 19.6 Å². The summed E-state index contributed by atoms with van der Waals surface area (Å²) >= 11 is 11.9. The van der Waals surface area contributed by atoms with Crippen molar-refractivity contribution in [3.8, 4) is 5.75 Å². The average molecular weight is 523 g/mol. The van der Waals surface area contributed by atoms with Crippen LogP contribution in [-0.4, -0.2) is 64.6 Å². The second-order valence-corrected chi connectivity index (χ2v) is 9.34. The van der Waals surface area contributed by atoms with E-state index in [4.69, 9.17) is 27.9 Å². The first-order valence-electron chi connectivity index (χ1n) is 10.7. The van der Waals surface area contributed by atoms with E-state index >= 15 is 0 Å². The van der Waals surface area contributed by atoms with Crippen LogP contribution in [0.3, 0.4) is 0 Å². The topological polar surface area (TPSA) is 70.8 Å². The Hall–Kier alpha value is -2.17. The SMILES string of the molecule is COc1cc(N2CCN(C(=O)Cn3nc(C(F)(F)F)c(Cl)c3C)C(C(O)C(C)C)C2)ccc1Cl. The summed E-state index contributed by atoms with van der Waals surface area (Å²) in [7, 11) is 1.51. The lowest BCUT2D eigenvalue weighted by molar-refractivity contribution is -0.143. The van der Waals surface area contributed by atoms with Crippen LogP contribution in [0.2, 0.25) is 10.0 Å². The number of carbonyl (C=O) groups excluding carboxylic acids is 1. The average Bonchev–Trinajstić information content (AvgIpc) is 3.07. The van der Waals surface area contributed by atoms with Crippen LogP contribution in [0.15, 0.2) is 18.2 Å². The standard InChI is InChI=1S/C22H27Cl2F3N4O3/c1-12(2)20(33)16-10-29(14-5-6-15(23)17(9-14)34-4)7-8-30(16)18(32)11-31-13(3)19(24)21(28-31)22(25,26)27/h5-6,9,12,16,20,33H,7-8,10-11H2,1-4H3. The van der Waals surface area contributed by atoms with Gasteiger partial charge in [-0.25, -0.2) is 0 Å². The Morgan fingerprint density at radius 2 is 1.97 bits per heavy atom. The van der Waals surface area contributed by atoms with Crippen LogP contribution >= 0.6 is 23.2 Å². The van der Waals surface area contributed by atoms with Gasteiger partial charge in [0.15, 0.2) is 5.69 Å². The molecule has 2 atom stereocenters. The Kier molecular flexibility index (Phi) is 7.94. The van der Waals surface area contributed by atoms with Crippen LogP contribution in [0.4, 0.5) is 18.9 Å². The maximum absolute atomic E-state index is 13.2. The number of ether oxygens (including phenoxy) is 1. The first-order valence-corrected chi connectivity index (χ1v) is 11.5. The van der Waals surface area contributed by atoms with E-state index in [0.717, 1.165) is 10.4 Å². The van der Waals surface area contributed by atoms with Gasteiger partial charge in [0.25, 0.3) is 0 Å². The molecule has 1 saturated heterocycles. The minimum Gasteiger partial charge on any atom is -0.495 e. The number of methoxy groups -OCH3 is 1. The van der Waals surface area contributed by atoms with Crippen LogP contribution < -0.4 is 9.64 Å². The molecule has 188 valence electrons. The number of aliphatic hydroxyl groups is 1. The second-order valence-electron chi connectivity index (χ2n) is 8.56. The van der Waals surface area contributed by atoms with E-state index in [1.54, 1.807) is 12.1 Å². The Morgan fingerprint density at radius 1 is 1.29 bits per heavy atom. The summed E-state index contributed by atoms with van der Waals surface area (Å²) in [5.74, 6) is -0.100. The second kappa shape index (κ2) is 10.2. The smallest absolute Gasteiger partial charge is 0.436 e. The van der Waals surface area contributed by atoms with Crippen molar-refractivity contribution in [3.05, 3.63) is 39.6 Å². The molecule has 2 aromatic rings. The van der Waals surface area contributed by atoms with Gasteiger partial charge in [0.2, 0.25) is 5.91 Å². The van der Waals surface area contributed by atoms with Crippen molar-refractivity contribution >= 4 is 34.8 Å². The number of piperazine rings is 1. The molecule has 0 aliphatic carbocycles. The largest absolute Gasteiger partial charge is 0.495 e. The number of anilines is 1. The summed E-state index contributed by atoms with van der Waals surface area (Å²) in [6, 6.07) is 4.74. The maximum Gasteiger partial charge on any atom is 0.436 e. The van der Waals surface area contributed by atoms with E-state index in [0.29, 0.717) is 23.9 Å². The highest BCUT2D eigenvalue weighted by Gasteiger charge is 2.40. The number of aliphatic hydroxyl groups excluding tert-OH is 1. The number of hydrogen-bond acceptors (Lipinski definition) is 5. The van der Waals surface area contributed by atoms with Gasteiger partial charge in [-0.2, -0.15) is 18.3 Å². The molecule has 1 aromatic heterocycles. The van der Waals surface area contributed by atoms with Crippen LogP contribution in [0.25, 0.3) is 0 Å². The molecule has 12 heteroatoms. The van der Waals surface area contributed by atoms with E-state index < -0.39 is 41.5 Å². The van der Waals surface area contributed by atoms with Crippen LogP contribution in [0, 0.1) is 12.8 Å². The first-order chi connectivity index (χ1) is 15.8. The zero-order valence-electron chi connectivity index (χ0n) is 19.2. The number of hydrogen-bond donors (Lipinski definition) is 1. The zero-order valence-corrected chi connectivity index (χ0v) is 20.7. The summed E-state index contributed by atoms with van der Waals surface area (Å²) in [6.45, 7) is 5.67. The number of alkyl halides is 3. The molecule has 34 heavy (non-hydrogen) atoms. The van der Waals surface area contributed by atoms with Crippen LogP contribution in [-0.2, 0) is 17.5 Å². The highest BCUT2D eigenvalue weighted by atomic mass is 35.5. The molecule has 2 unspecified atom stereocenters. The maximum atomic E-state index is 13.2. The third kappa shape index (κ3) is 5.39. The predicted octanol–water partition coefficient (Wildman–Crippen LogP) is 4.26. The van der Waals surface area contributed by atoms with Crippen molar-refractivity contribution in [1.29, 1.82) is 0 Å². The summed E-state index contributed by atoms with van der Waals surface area (Å²) in [5, 5.41) is 14.4. The van der Waals surface area contributed by atoms with Gasteiger partial charge in [-0.05, 0) is 25.0 Å². The lowest BCUT2D eigenvalue weighted by Gasteiger charge is -2.45. The summed E-state index contributed by atoms with van der Waals surface area (Å²) in [6.07, 6.45) is -5.58. The van der Waals surface area contributed by atoms with Crippen molar-refractivity contribution in [1.82, 2.24) is 14.7 Å². The normalized spacial score (nSPS) is 17.9. The van der Waals surface area contributed by atoms with Crippen molar-refractivity contribution in [3.63, 3.8) is 0 Å². The number of benzene rings is 1.